The number of ether oxygens (including phenoxy) is 1. The van der Waals surface area contributed by atoms with E-state index in [2.05, 4.69) is 0 Å². The smallest absolute Gasteiger partial charge is 0.185 e. The monoisotopic (exact) mass is 357 g/mol. The van der Waals surface area contributed by atoms with E-state index < -0.39 is 12.6 Å². The molecule has 0 atom stereocenters. The van der Waals surface area contributed by atoms with E-state index in [1.165, 1.54) is 6.08 Å². The molecule has 3 rings (SSSR count). The van der Waals surface area contributed by atoms with Gasteiger partial charge in [-0.2, -0.15) is 0 Å². The number of carboxylic acids is 1. The maximum Gasteiger partial charge on any atom is 0.185 e. The minimum absolute atomic E-state index is 0.0908. The predicted molar refractivity (Wildman–Crippen MR) is 102 cm³/mol. The summed E-state index contributed by atoms with van der Waals surface area (Å²) in [6, 6.07) is 24.2. The Labute approximate surface area is 157 Å². The Kier molecular flexibility index (Phi) is 5.80. The van der Waals surface area contributed by atoms with Gasteiger partial charge in [-0.25, -0.2) is 0 Å². The van der Waals surface area contributed by atoms with Crippen molar-refractivity contribution in [2.75, 3.05) is 6.61 Å². The van der Waals surface area contributed by atoms with Crippen molar-refractivity contribution in [1.82, 2.24) is 0 Å². The number of carbonyl (C=O) groups excluding carboxylic acids is 2. The summed E-state index contributed by atoms with van der Waals surface area (Å²) in [6.07, 6.45) is 3.21. The van der Waals surface area contributed by atoms with Crippen molar-refractivity contribution in [2.45, 2.75) is 0 Å². The van der Waals surface area contributed by atoms with Crippen LogP contribution < -0.4 is 9.84 Å². The highest BCUT2D eigenvalue weighted by Crippen LogP contribution is 2.20. The van der Waals surface area contributed by atoms with Crippen molar-refractivity contribution in [3.8, 4) is 16.9 Å². The number of carboxylic acid groups (broad SMARTS) is 1. The Morgan fingerprint density at radius 3 is 2.07 bits per heavy atom. The summed E-state index contributed by atoms with van der Waals surface area (Å²) in [6.45, 7) is -0.493. The average Bonchev–Trinajstić information content (AvgIpc) is 2.72. The highest BCUT2D eigenvalue weighted by Gasteiger charge is 2.03. The minimum atomic E-state index is -1.28. The van der Waals surface area contributed by atoms with Gasteiger partial charge in [0.1, 0.15) is 12.4 Å². The molecule has 0 spiro atoms. The molecule has 0 aliphatic rings. The van der Waals surface area contributed by atoms with Gasteiger partial charge in [0.05, 0.1) is 5.97 Å². The molecule has 0 aliphatic carbocycles. The lowest BCUT2D eigenvalue weighted by Gasteiger charge is -2.06. The maximum atomic E-state index is 12.3. The fraction of sp³-hybridized carbons (Fsp3) is 0.0435. The third kappa shape index (κ3) is 5.16. The van der Waals surface area contributed by atoms with Crippen LogP contribution in [0.4, 0.5) is 0 Å². The van der Waals surface area contributed by atoms with Crippen LogP contribution in [0.2, 0.25) is 0 Å². The quantitative estimate of drug-likeness (QED) is 0.480. The number of hydrogen-bond donors (Lipinski definition) is 0. The molecule has 0 heterocycles. The molecule has 0 unspecified atom stereocenters. The highest BCUT2D eigenvalue weighted by molar-refractivity contribution is 6.07. The summed E-state index contributed by atoms with van der Waals surface area (Å²) in [7, 11) is 0. The van der Waals surface area contributed by atoms with Gasteiger partial charge in [0.25, 0.3) is 0 Å². The highest BCUT2D eigenvalue weighted by atomic mass is 16.5. The first-order chi connectivity index (χ1) is 13.1. The van der Waals surface area contributed by atoms with Gasteiger partial charge in [-0.15, -0.1) is 0 Å². The summed E-state index contributed by atoms with van der Waals surface area (Å²) >= 11 is 0. The molecular formula is C23H17O4-. The van der Waals surface area contributed by atoms with E-state index in [4.69, 9.17) is 4.74 Å². The van der Waals surface area contributed by atoms with Crippen LogP contribution in [0, 0.1) is 0 Å². The van der Waals surface area contributed by atoms with Crippen LogP contribution >= 0.6 is 0 Å². The van der Waals surface area contributed by atoms with Gasteiger partial charge in [0.2, 0.25) is 0 Å². The summed E-state index contributed by atoms with van der Waals surface area (Å²) in [5, 5.41) is 10.4. The van der Waals surface area contributed by atoms with Gasteiger partial charge in [-0.1, -0.05) is 72.8 Å². The van der Waals surface area contributed by atoms with Crippen LogP contribution in [0.1, 0.15) is 15.9 Å². The van der Waals surface area contributed by atoms with E-state index in [-0.39, 0.29) is 5.78 Å². The van der Waals surface area contributed by atoms with E-state index in [1.54, 1.807) is 30.3 Å². The fourth-order valence-electron chi connectivity index (χ4n) is 2.54. The zero-order valence-corrected chi connectivity index (χ0v) is 14.5. The normalized spacial score (nSPS) is 10.7. The minimum Gasteiger partial charge on any atom is -0.546 e. The molecule has 134 valence electrons. The summed E-state index contributed by atoms with van der Waals surface area (Å²) in [4.78, 5) is 22.7. The molecule has 0 amide bonds. The predicted octanol–water partition coefficient (Wildman–Crippen LogP) is 3.38. The average molecular weight is 357 g/mol. The van der Waals surface area contributed by atoms with Gasteiger partial charge < -0.3 is 14.6 Å². The summed E-state index contributed by atoms with van der Waals surface area (Å²) < 4.78 is 5.01. The van der Waals surface area contributed by atoms with Crippen LogP contribution in [0.5, 0.6) is 5.75 Å². The van der Waals surface area contributed by atoms with Crippen molar-refractivity contribution in [3.63, 3.8) is 0 Å². The maximum absolute atomic E-state index is 12.3. The second-order valence-corrected chi connectivity index (χ2v) is 5.87. The van der Waals surface area contributed by atoms with Crippen LogP contribution in [0.3, 0.4) is 0 Å². The van der Waals surface area contributed by atoms with E-state index >= 15 is 0 Å². The van der Waals surface area contributed by atoms with E-state index in [1.807, 2.05) is 54.6 Å². The summed E-state index contributed by atoms with van der Waals surface area (Å²) in [5.41, 5.74) is 3.58. The Morgan fingerprint density at radius 2 is 1.44 bits per heavy atom. The third-order valence-electron chi connectivity index (χ3n) is 3.94. The zero-order valence-electron chi connectivity index (χ0n) is 14.5. The first-order valence-electron chi connectivity index (χ1n) is 8.42. The Hall–Kier alpha value is -3.66. The van der Waals surface area contributed by atoms with Gasteiger partial charge in [-0.05, 0) is 34.9 Å². The number of rotatable bonds is 7. The van der Waals surface area contributed by atoms with Crippen molar-refractivity contribution in [2.24, 2.45) is 0 Å². The molecule has 4 nitrogen and oxygen atoms in total. The summed E-state index contributed by atoms with van der Waals surface area (Å²) in [5.74, 6) is -0.936. The van der Waals surface area contributed by atoms with Gasteiger partial charge >= 0.3 is 0 Å². The molecule has 0 aliphatic heterocycles. The van der Waals surface area contributed by atoms with Crippen LogP contribution in [-0.4, -0.2) is 18.4 Å². The lowest BCUT2D eigenvalue weighted by atomic mass is 10.0. The SMILES string of the molecule is O=C([O-])COc1ccc(/C=C/C(=O)c2ccc(-c3ccccc3)cc2)cc1. The molecule has 0 fully saturated rings. The molecule has 0 N–H and O–H groups in total. The van der Waals surface area contributed by atoms with Crippen molar-refractivity contribution in [3.05, 3.63) is 96.1 Å². The van der Waals surface area contributed by atoms with E-state index in [0.717, 1.165) is 16.7 Å². The van der Waals surface area contributed by atoms with E-state index in [0.29, 0.717) is 11.3 Å². The standard InChI is InChI=1S/C23H18O4/c24-22(15-8-17-6-13-21(14-7-17)27-16-23(25)26)20-11-9-19(10-12-20)18-4-2-1-3-5-18/h1-15H,16H2,(H,25,26)/p-1/b15-8+. The molecule has 0 saturated heterocycles. The second-order valence-electron chi connectivity index (χ2n) is 5.87. The first kappa shape index (κ1) is 18.1. The third-order valence-corrected chi connectivity index (χ3v) is 3.94. The van der Waals surface area contributed by atoms with Crippen molar-refractivity contribution < 1.29 is 19.4 Å². The Balaban J connectivity index is 1.63. The Bertz CT molecular complexity index is 940. The topological polar surface area (TPSA) is 66.4 Å². The molecule has 0 saturated carbocycles. The van der Waals surface area contributed by atoms with Crippen LogP contribution in [0.15, 0.2) is 84.9 Å². The number of carbonyl (C=O) groups is 2. The lowest BCUT2D eigenvalue weighted by molar-refractivity contribution is -0.307. The van der Waals surface area contributed by atoms with Crippen molar-refractivity contribution in [1.29, 1.82) is 0 Å². The number of benzene rings is 3. The molecular weight excluding hydrogens is 340 g/mol. The van der Waals surface area contributed by atoms with Crippen molar-refractivity contribution >= 4 is 17.8 Å². The van der Waals surface area contributed by atoms with Gasteiger partial charge in [-0.3, -0.25) is 4.79 Å². The largest absolute Gasteiger partial charge is 0.546 e. The molecule has 4 heteroatoms. The van der Waals surface area contributed by atoms with Crippen LogP contribution in [-0.2, 0) is 4.79 Å². The number of aliphatic carboxylic acids is 1. The molecule has 3 aromatic rings. The molecule has 3 aromatic carbocycles. The molecule has 0 bridgehead atoms. The molecule has 27 heavy (non-hydrogen) atoms. The fourth-order valence-corrected chi connectivity index (χ4v) is 2.54. The van der Waals surface area contributed by atoms with Crippen LogP contribution in [0.25, 0.3) is 17.2 Å². The van der Waals surface area contributed by atoms with Gasteiger partial charge in [0.15, 0.2) is 5.78 Å². The molecule has 0 radical (unpaired) electrons. The zero-order chi connectivity index (χ0) is 19.1. The first-order valence-corrected chi connectivity index (χ1v) is 8.42. The number of ketones is 1. The second kappa shape index (κ2) is 8.63. The molecule has 0 aromatic heterocycles. The van der Waals surface area contributed by atoms with Gasteiger partial charge in [0, 0.05) is 5.56 Å². The Morgan fingerprint density at radius 1 is 0.815 bits per heavy atom. The lowest BCUT2D eigenvalue weighted by Crippen LogP contribution is -2.28. The number of allylic oxidation sites excluding steroid dienone is 1. The van der Waals surface area contributed by atoms with E-state index in [9.17, 15) is 14.7 Å². The number of hydrogen-bond acceptors (Lipinski definition) is 4.